The molecule has 0 spiro atoms. The first-order valence-corrected chi connectivity index (χ1v) is 9.41. The topological polar surface area (TPSA) is 66.5 Å². The summed E-state index contributed by atoms with van der Waals surface area (Å²) in [7, 11) is -3.89. The smallest absolute Gasteiger partial charge is 0.267 e. The molecule has 7 heteroatoms. The van der Waals surface area contributed by atoms with Crippen molar-refractivity contribution >= 4 is 33.0 Å². The molecule has 0 bridgehead atoms. The molecule has 1 heterocycles. The predicted molar refractivity (Wildman–Crippen MR) is 94.3 cm³/mol. The fourth-order valence-corrected chi connectivity index (χ4v) is 4.43. The van der Waals surface area contributed by atoms with E-state index in [0.29, 0.717) is 11.3 Å². The van der Waals surface area contributed by atoms with Crippen LogP contribution in [0.1, 0.15) is 10.4 Å². The molecule has 0 unspecified atom stereocenters. The summed E-state index contributed by atoms with van der Waals surface area (Å²) in [6.45, 7) is 0. The standard InChI is InChI=1S/C17H14N2O3S2/c20-17(14-8-3-1-4-9-14)18-19(15-10-5-2-6-11-15)24(21,22)16-12-7-13-23-16/h1-13H,(H,18,20). The summed E-state index contributed by atoms with van der Waals surface area (Å²) in [5.74, 6) is -0.500. The third-order valence-electron chi connectivity index (χ3n) is 3.22. The number of benzene rings is 2. The molecular weight excluding hydrogens is 344 g/mol. The number of anilines is 1. The highest BCUT2D eigenvalue weighted by atomic mass is 32.2. The molecule has 1 aromatic heterocycles. The number of amides is 1. The van der Waals surface area contributed by atoms with Crippen LogP contribution in [0.2, 0.25) is 0 Å². The fourth-order valence-electron chi connectivity index (χ4n) is 2.07. The van der Waals surface area contributed by atoms with Crippen LogP contribution in [0.5, 0.6) is 0 Å². The van der Waals surface area contributed by atoms with Gasteiger partial charge in [0.2, 0.25) is 0 Å². The number of carbonyl (C=O) groups excluding carboxylic acids is 1. The van der Waals surface area contributed by atoms with Gasteiger partial charge < -0.3 is 0 Å². The number of thiophene rings is 1. The minimum Gasteiger partial charge on any atom is -0.267 e. The van der Waals surface area contributed by atoms with Crippen molar-refractivity contribution < 1.29 is 13.2 Å². The van der Waals surface area contributed by atoms with E-state index >= 15 is 0 Å². The van der Waals surface area contributed by atoms with Crippen molar-refractivity contribution in [3.05, 3.63) is 83.7 Å². The number of nitrogens with zero attached hydrogens (tertiary/aromatic N) is 1. The second-order valence-electron chi connectivity index (χ2n) is 4.84. The lowest BCUT2D eigenvalue weighted by atomic mass is 10.2. The Balaban J connectivity index is 1.99. The molecule has 1 N–H and O–H groups in total. The molecule has 24 heavy (non-hydrogen) atoms. The van der Waals surface area contributed by atoms with E-state index in [9.17, 15) is 13.2 Å². The van der Waals surface area contributed by atoms with E-state index in [1.54, 1.807) is 72.1 Å². The van der Waals surface area contributed by atoms with Crippen LogP contribution in [0.4, 0.5) is 5.69 Å². The van der Waals surface area contributed by atoms with Crippen LogP contribution in [0.25, 0.3) is 0 Å². The highest BCUT2D eigenvalue weighted by Gasteiger charge is 2.28. The average Bonchev–Trinajstić information content (AvgIpc) is 3.16. The summed E-state index contributed by atoms with van der Waals surface area (Å²) in [4.78, 5) is 12.4. The Kier molecular flexibility index (Phi) is 4.64. The number of para-hydroxylation sites is 1. The van der Waals surface area contributed by atoms with Crippen molar-refractivity contribution in [2.45, 2.75) is 4.21 Å². The van der Waals surface area contributed by atoms with E-state index in [1.165, 1.54) is 6.07 Å². The Morgan fingerprint density at radius 3 is 2.08 bits per heavy atom. The molecule has 0 saturated carbocycles. The molecule has 0 atom stereocenters. The minimum absolute atomic E-state index is 0.153. The summed E-state index contributed by atoms with van der Waals surface area (Å²) in [5, 5.41) is 1.68. The summed E-state index contributed by atoms with van der Waals surface area (Å²) in [5.41, 5.74) is 3.22. The van der Waals surface area contributed by atoms with Gasteiger partial charge in [-0.25, -0.2) is 5.43 Å². The highest BCUT2D eigenvalue weighted by molar-refractivity contribution is 7.94. The van der Waals surface area contributed by atoms with Gasteiger partial charge in [-0.3, -0.25) is 4.79 Å². The van der Waals surface area contributed by atoms with E-state index in [1.807, 2.05) is 0 Å². The molecular formula is C17H14N2O3S2. The van der Waals surface area contributed by atoms with Gasteiger partial charge in [-0.05, 0) is 35.7 Å². The second kappa shape index (κ2) is 6.86. The molecule has 3 rings (SSSR count). The van der Waals surface area contributed by atoms with Gasteiger partial charge in [0, 0.05) is 5.56 Å². The predicted octanol–water partition coefficient (Wildman–Crippen LogP) is 3.29. The molecule has 0 aliphatic carbocycles. The molecule has 0 saturated heterocycles. The van der Waals surface area contributed by atoms with Crippen LogP contribution in [0.3, 0.4) is 0 Å². The van der Waals surface area contributed by atoms with Gasteiger partial charge in [-0.2, -0.15) is 12.8 Å². The number of rotatable bonds is 5. The van der Waals surface area contributed by atoms with E-state index in [0.717, 1.165) is 15.8 Å². The number of carbonyl (C=O) groups is 1. The van der Waals surface area contributed by atoms with Crippen molar-refractivity contribution in [3.63, 3.8) is 0 Å². The van der Waals surface area contributed by atoms with E-state index in [-0.39, 0.29) is 4.21 Å². The number of hydrogen-bond acceptors (Lipinski definition) is 4. The van der Waals surface area contributed by atoms with Crippen molar-refractivity contribution in [1.29, 1.82) is 0 Å². The first-order valence-electron chi connectivity index (χ1n) is 7.09. The van der Waals surface area contributed by atoms with Crippen LogP contribution in [-0.4, -0.2) is 14.3 Å². The van der Waals surface area contributed by atoms with Gasteiger partial charge in [-0.15, -0.1) is 11.3 Å². The number of hydrazine groups is 1. The molecule has 2 aromatic carbocycles. The Morgan fingerprint density at radius 2 is 1.50 bits per heavy atom. The molecule has 122 valence electrons. The first kappa shape index (κ1) is 16.2. The lowest BCUT2D eigenvalue weighted by molar-refractivity contribution is 0.0955. The maximum atomic E-state index is 12.9. The highest BCUT2D eigenvalue weighted by Crippen LogP contribution is 2.25. The second-order valence-corrected chi connectivity index (χ2v) is 7.81. The maximum absolute atomic E-state index is 12.9. The number of sulfonamides is 1. The van der Waals surface area contributed by atoms with Gasteiger partial charge in [0.05, 0.1) is 5.69 Å². The summed E-state index contributed by atoms with van der Waals surface area (Å²) in [6, 6.07) is 20.1. The van der Waals surface area contributed by atoms with Crippen molar-refractivity contribution in [1.82, 2.24) is 5.43 Å². The van der Waals surface area contributed by atoms with Gasteiger partial charge in [0.1, 0.15) is 4.21 Å². The summed E-state index contributed by atoms with van der Waals surface area (Å²) in [6.07, 6.45) is 0. The van der Waals surface area contributed by atoms with Gasteiger partial charge in [-0.1, -0.05) is 42.5 Å². The molecule has 0 fully saturated rings. The molecule has 5 nitrogen and oxygen atoms in total. The Labute approximate surface area is 144 Å². The lowest BCUT2D eigenvalue weighted by Gasteiger charge is -2.24. The minimum atomic E-state index is -3.89. The van der Waals surface area contributed by atoms with E-state index in [4.69, 9.17) is 0 Å². The third kappa shape index (κ3) is 3.32. The Morgan fingerprint density at radius 1 is 0.875 bits per heavy atom. The zero-order chi connectivity index (χ0) is 17.0. The monoisotopic (exact) mass is 358 g/mol. The Bertz CT molecular complexity index is 909. The summed E-state index contributed by atoms with van der Waals surface area (Å²) < 4.78 is 26.8. The first-order chi connectivity index (χ1) is 11.6. The fraction of sp³-hybridized carbons (Fsp3) is 0. The van der Waals surface area contributed by atoms with Gasteiger partial charge in [0.15, 0.2) is 0 Å². The van der Waals surface area contributed by atoms with Crippen molar-refractivity contribution in [2.75, 3.05) is 4.41 Å². The maximum Gasteiger partial charge on any atom is 0.291 e. The zero-order valence-corrected chi connectivity index (χ0v) is 14.1. The van der Waals surface area contributed by atoms with Gasteiger partial charge >= 0.3 is 0 Å². The molecule has 0 aliphatic rings. The van der Waals surface area contributed by atoms with E-state index in [2.05, 4.69) is 5.43 Å². The zero-order valence-electron chi connectivity index (χ0n) is 12.5. The Hall–Kier alpha value is -2.64. The van der Waals surface area contributed by atoms with Crippen molar-refractivity contribution in [3.8, 4) is 0 Å². The summed E-state index contributed by atoms with van der Waals surface area (Å²) >= 11 is 1.09. The van der Waals surface area contributed by atoms with Crippen LogP contribution in [-0.2, 0) is 10.0 Å². The quantitative estimate of drug-likeness (QED) is 0.712. The molecule has 3 aromatic rings. The molecule has 1 amide bonds. The largest absolute Gasteiger partial charge is 0.291 e. The van der Waals surface area contributed by atoms with Gasteiger partial charge in [0.25, 0.3) is 15.9 Å². The number of hydrogen-bond donors (Lipinski definition) is 1. The van der Waals surface area contributed by atoms with Crippen LogP contribution in [0.15, 0.2) is 82.4 Å². The van der Waals surface area contributed by atoms with Crippen LogP contribution < -0.4 is 9.84 Å². The third-order valence-corrected chi connectivity index (χ3v) is 6.23. The van der Waals surface area contributed by atoms with Crippen LogP contribution in [0, 0.1) is 0 Å². The SMILES string of the molecule is O=C(NN(c1ccccc1)S(=O)(=O)c1cccs1)c1ccccc1. The molecule has 0 aliphatic heterocycles. The van der Waals surface area contributed by atoms with Crippen LogP contribution >= 0.6 is 11.3 Å². The van der Waals surface area contributed by atoms with E-state index < -0.39 is 15.9 Å². The normalized spacial score (nSPS) is 11.0. The lowest BCUT2D eigenvalue weighted by Crippen LogP contribution is -2.46. The van der Waals surface area contributed by atoms with Crippen molar-refractivity contribution in [2.24, 2.45) is 0 Å². The average molecular weight is 358 g/mol. The number of nitrogens with one attached hydrogen (secondary N) is 1. The molecule has 0 radical (unpaired) electrons.